The minimum Gasteiger partial charge on any atom is -0.376 e. The van der Waals surface area contributed by atoms with E-state index < -0.39 is 0 Å². The van der Waals surface area contributed by atoms with Gasteiger partial charge in [-0.1, -0.05) is 11.8 Å². The van der Waals surface area contributed by atoms with Crippen LogP contribution >= 0.6 is 23.1 Å². The first-order valence-corrected chi connectivity index (χ1v) is 8.09. The fraction of sp³-hybridized carbons (Fsp3) is 0.636. The lowest BCUT2D eigenvalue weighted by atomic mass is 10.2. The summed E-state index contributed by atoms with van der Waals surface area (Å²) in [5.41, 5.74) is 1.08. The van der Waals surface area contributed by atoms with Crippen molar-refractivity contribution in [3.63, 3.8) is 0 Å². The molecule has 0 aliphatic carbocycles. The Kier molecular flexibility index (Phi) is 4.09. The molecule has 1 fully saturated rings. The van der Waals surface area contributed by atoms with Crippen LogP contribution < -0.4 is 0 Å². The van der Waals surface area contributed by atoms with Crippen molar-refractivity contribution < 1.29 is 4.74 Å². The summed E-state index contributed by atoms with van der Waals surface area (Å²) in [6, 6.07) is 0. The SMILES string of the molecule is Cc1nc(CSc2nnnn2CC2CCCO2)cs1. The van der Waals surface area contributed by atoms with Crippen LogP contribution in [0.15, 0.2) is 10.5 Å². The third kappa shape index (κ3) is 3.31. The van der Waals surface area contributed by atoms with Crippen LogP contribution in [0.25, 0.3) is 0 Å². The minimum absolute atomic E-state index is 0.254. The molecule has 1 aliphatic heterocycles. The Labute approximate surface area is 119 Å². The van der Waals surface area contributed by atoms with E-state index in [1.807, 2.05) is 11.6 Å². The third-order valence-corrected chi connectivity index (χ3v) is 4.73. The largest absolute Gasteiger partial charge is 0.376 e. The quantitative estimate of drug-likeness (QED) is 0.785. The van der Waals surface area contributed by atoms with Crippen LogP contribution in [0.2, 0.25) is 0 Å². The van der Waals surface area contributed by atoms with Crippen LogP contribution in [-0.4, -0.2) is 37.9 Å². The van der Waals surface area contributed by atoms with Gasteiger partial charge in [0.1, 0.15) is 0 Å². The minimum atomic E-state index is 0.254. The molecule has 0 saturated carbocycles. The van der Waals surface area contributed by atoms with Crippen molar-refractivity contribution in [2.75, 3.05) is 6.61 Å². The summed E-state index contributed by atoms with van der Waals surface area (Å²) in [4.78, 5) is 4.44. The summed E-state index contributed by atoms with van der Waals surface area (Å²) in [7, 11) is 0. The summed E-state index contributed by atoms with van der Waals surface area (Å²) in [6.45, 7) is 3.61. The second-order valence-corrected chi connectivity index (χ2v) is 6.43. The van der Waals surface area contributed by atoms with Crippen molar-refractivity contribution in [3.8, 4) is 0 Å². The summed E-state index contributed by atoms with van der Waals surface area (Å²) in [5.74, 6) is 0.802. The molecule has 0 N–H and O–H groups in total. The van der Waals surface area contributed by atoms with E-state index in [1.54, 1.807) is 23.1 Å². The maximum absolute atomic E-state index is 5.61. The first-order valence-electron chi connectivity index (χ1n) is 6.23. The molecular weight excluding hydrogens is 282 g/mol. The van der Waals surface area contributed by atoms with Gasteiger partial charge in [0.15, 0.2) is 0 Å². The van der Waals surface area contributed by atoms with Gasteiger partial charge in [-0.15, -0.1) is 16.4 Å². The van der Waals surface area contributed by atoms with E-state index in [-0.39, 0.29) is 6.10 Å². The summed E-state index contributed by atoms with van der Waals surface area (Å²) < 4.78 is 7.44. The van der Waals surface area contributed by atoms with Gasteiger partial charge in [0, 0.05) is 17.7 Å². The predicted octanol–water partition coefficient (Wildman–Crippen LogP) is 1.91. The topological polar surface area (TPSA) is 65.7 Å². The lowest BCUT2D eigenvalue weighted by Crippen LogP contribution is -2.16. The van der Waals surface area contributed by atoms with Gasteiger partial charge in [-0.25, -0.2) is 9.67 Å². The second kappa shape index (κ2) is 5.98. The molecule has 0 radical (unpaired) electrons. The van der Waals surface area contributed by atoms with E-state index in [2.05, 4.69) is 25.9 Å². The number of ether oxygens (including phenoxy) is 1. The van der Waals surface area contributed by atoms with Crippen LogP contribution in [0.4, 0.5) is 0 Å². The standard InChI is InChI=1S/C11H15N5OS2/c1-8-12-9(6-18-8)7-19-11-13-14-15-16(11)5-10-3-2-4-17-10/h6,10H,2-5,7H2,1H3. The number of rotatable bonds is 5. The zero-order valence-electron chi connectivity index (χ0n) is 10.7. The molecule has 3 heterocycles. The highest BCUT2D eigenvalue weighted by molar-refractivity contribution is 7.98. The predicted molar refractivity (Wildman–Crippen MR) is 73.2 cm³/mol. The van der Waals surface area contributed by atoms with Crippen molar-refractivity contribution in [1.82, 2.24) is 25.2 Å². The highest BCUT2D eigenvalue weighted by Crippen LogP contribution is 2.22. The molecule has 0 spiro atoms. The maximum Gasteiger partial charge on any atom is 0.209 e. The summed E-state index contributed by atoms with van der Waals surface area (Å²) in [6.07, 6.45) is 2.48. The lowest BCUT2D eigenvalue weighted by molar-refractivity contribution is 0.0912. The summed E-state index contributed by atoms with van der Waals surface area (Å²) in [5, 5.41) is 15.9. The van der Waals surface area contributed by atoms with Crippen molar-refractivity contribution >= 4 is 23.1 Å². The molecule has 1 aliphatic rings. The number of hydrogen-bond acceptors (Lipinski definition) is 7. The van der Waals surface area contributed by atoms with E-state index in [1.165, 1.54) is 0 Å². The van der Waals surface area contributed by atoms with Gasteiger partial charge in [0.05, 0.1) is 23.4 Å². The molecule has 0 bridgehead atoms. The second-order valence-electron chi connectivity index (χ2n) is 4.43. The molecule has 102 valence electrons. The number of hydrogen-bond donors (Lipinski definition) is 0. The Morgan fingerprint density at radius 3 is 3.26 bits per heavy atom. The Morgan fingerprint density at radius 1 is 1.58 bits per heavy atom. The number of thioether (sulfide) groups is 1. The van der Waals surface area contributed by atoms with E-state index in [4.69, 9.17) is 4.74 Å². The Hall–Kier alpha value is -0.990. The number of aryl methyl sites for hydroxylation is 1. The monoisotopic (exact) mass is 297 g/mol. The van der Waals surface area contributed by atoms with Crippen molar-refractivity contribution in [3.05, 3.63) is 16.1 Å². The van der Waals surface area contributed by atoms with E-state index in [9.17, 15) is 0 Å². The van der Waals surface area contributed by atoms with Gasteiger partial charge in [0.2, 0.25) is 5.16 Å². The smallest absolute Gasteiger partial charge is 0.209 e. The van der Waals surface area contributed by atoms with Crippen molar-refractivity contribution in [1.29, 1.82) is 0 Å². The Morgan fingerprint density at radius 2 is 2.53 bits per heavy atom. The molecule has 1 atom stereocenters. The average Bonchev–Trinajstić information content (AvgIpc) is 3.10. The molecule has 2 aromatic rings. The Balaban J connectivity index is 1.59. The number of nitrogens with zero attached hydrogens (tertiary/aromatic N) is 5. The first kappa shape index (κ1) is 13.0. The molecule has 0 amide bonds. The molecule has 8 heteroatoms. The highest BCUT2D eigenvalue weighted by atomic mass is 32.2. The number of tetrazole rings is 1. The average molecular weight is 297 g/mol. The highest BCUT2D eigenvalue weighted by Gasteiger charge is 2.19. The fourth-order valence-electron chi connectivity index (χ4n) is 2.01. The number of thiazole rings is 1. The zero-order chi connectivity index (χ0) is 13.1. The van der Waals surface area contributed by atoms with Gasteiger partial charge in [0.25, 0.3) is 0 Å². The molecule has 0 aromatic carbocycles. The first-order chi connectivity index (χ1) is 9.31. The van der Waals surface area contributed by atoms with Gasteiger partial charge >= 0.3 is 0 Å². The van der Waals surface area contributed by atoms with Gasteiger partial charge < -0.3 is 4.74 Å². The van der Waals surface area contributed by atoms with Crippen molar-refractivity contribution in [2.45, 2.75) is 43.3 Å². The maximum atomic E-state index is 5.61. The molecule has 2 aromatic heterocycles. The molecule has 6 nitrogen and oxygen atoms in total. The van der Waals surface area contributed by atoms with E-state index in [0.717, 1.165) is 47.6 Å². The third-order valence-electron chi connectivity index (χ3n) is 2.92. The lowest BCUT2D eigenvalue weighted by Gasteiger charge is -2.09. The van der Waals surface area contributed by atoms with Crippen molar-refractivity contribution in [2.24, 2.45) is 0 Å². The van der Waals surface area contributed by atoms with Crippen LogP contribution in [0, 0.1) is 6.92 Å². The molecule has 3 rings (SSSR count). The Bertz CT molecular complexity index is 535. The summed E-state index contributed by atoms with van der Waals surface area (Å²) >= 11 is 3.29. The fourth-order valence-corrected chi connectivity index (χ4v) is 3.51. The molecule has 19 heavy (non-hydrogen) atoms. The molecular formula is C11H15N5OS2. The normalized spacial score (nSPS) is 19.1. The molecule has 1 unspecified atom stereocenters. The number of aromatic nitrogens is 5. The van der Waals surface area contributed by atoms with Gasteiger partial charge in [-0.2, -0.15) is 0 Å². The van der Waals surface area contributed by atoms with Crippen LogP contribution in [0.1, 0.15) is 23.5 Å². The zero-order valence-corrected chi connectivity index (χ0v) is 12.3. The van der Waals surface area contributed by atoms with E-state index >= 15 is 0 Å². The van der Waals surface area contributed by atoms with Crippen LogP contribution in [0.3, 0.4) is 0 Å². The molecule has 1 saturated heterocycles. The van der Waals surface area contributed by atoms with Gasteiger partial charge in [-0.3, -0.25) is 0 Å². The van der Waals surface area contributed by atoms with E-state index in [0.29, 0.717) is 0 Å². The van der Waals surface area contributed by atoms with Crippen LogP contribution in [-0.2, 0) is 17.0 Å². The van der Waals surface area contributed by atoms with Crippen LogP contribution in [0.5, 0.6) is 0 Å². The van der Waals surface area contributed by atoms with Gasteiger partial charge in [-0.05, 0) is 30.2 Å².